The first-order valence-electron chi connectivity index (χ1n) is 7.36. The molecule has 2 aromatic carbocycles. The van der Waals surface area contributed by atoms with Gasteiger partial charge in [0.1, 0.15) is 5.75 Å². The van der Waals surface area contributed by atoms with Crippen molar-refractivity contribution in [2.45, 2.75) is 26.4 Å². The van der Waals surface area contributed by atoms with Gasteiger partial charge in [-0.3, -0.25) is 9.59 Å². The molecular formula is C18H17NO3. The van der Waals surface area contributed by atoms with Gasteiger partial charge in [-0.1, -0.05) is 19.1 Å². The highest BCUT2D eigenvalue weighted by molar-refractivity contribution is 6.34. The molecule has 0 N–H and O–H groups in total. The van der Waals surface area contributed by atoms with Gasteiger partial charge in [0.2, 0.25) is 0 Å². The summed E-state index contributed by atoms with van der Waals surface area (Å²) in [6.07, 6.45) is 1.05. The van der Waals surface area contributed by atoms with Crippen LogP contribution in [0.5, 0.6) is 5.75 Å². The van der Waals surface area contributed by atoms with Crippen molar-refractivity contribution in [3.8, 4) is 5.75 Å². The molecule has 112 valence electrons. The molecule has 2 amide bonds. The molecule has 4 heteroatoms. The van der Waals surface area contributed by atoms with Crippen LogP contribution in [0.2, 0.25) is 0 Å². The Balaban J connectivity index is 1.87. The van der Waals surface area contributed by atoms with Crippen molar-refractivity contribution in [3.63, 3.8) is 0 Å². The van der Waals surface area contributed by atoms with Crippen molar-refractivity contribution in [3.05, 3.63) is 59.7 Å². The monoisotopic (exact) mass is 295 g/mol. The zero-order valence-electron chi connectivity index (χ0n) is 12.6. The van der Waals surface area contributed by atoms with Crippen LogP contribution < -0.4 is 9.64 Å². The number of hydrogen-bond donors (Lipinski definition) is 0. The fourth-order valence-electron chi connectivity index (χ4n) is 2.41. The number of amides is 2. The number of anilines is 1. The van der Waals surface area contributed by atoms with Crippen molar-refractivity contribution in [2.24, 2.45) is 0 Å². The molecule has 0 bridgehead atoms. The van der Waals surface area contributed by atoms with E-state index in [1.807, 2.05) is 6.92 Å². The van der Waals surface area contributed by atoms with Crippen LogP contribution in [-0.2, 0) is 0 Å². The Bertz CT molecular complexity index is 686. The lowest BCUT2D eigenvalue weighted by atomic mass is 10.1. The van der Waals surface area contributed by atoms with E-state index in [1.54, 1.807) is 48.5 Å². The Morgan fingerprint density at radius 2 is 1.50 bits per heavy atom. The van der Waals surface area contributed by atoms with Gasteiger partial charge in [0, 0.05) is 0 Å². The lowest BCUT2D eigenvalue weighted by Crippen LogP contribution is -2.29. The van der Waals surface area contributed by atoms with Crippen molar-refractivity contribution in [1.29, 1.82) is 0 Å². The lowest BCUT2D eigenvalue weighted by molar-refractivity contribution is 0.0926. The van der Waals surface area contributed by atoms with Gasteiger partial charge in [-0.25, -0.2) is 4.90 Å². The minimum atomic E-state index is -0.281. The highest BCUT2D eigenvalue weighted by Crippen LogP contribution is 2.29. The molecule has 0 aliphatic carbocycles. The topological polar surface area (TPSA) is 46.6 Å². The number of carbonyl (C=O) groups is 2. The molecular weight excluding hydrogens is 278 g/mol. The van der Waals surface area contributed by atoms with Gasteiger partial charge in [-0.05, 0) is 49.7 Å². The normalized spacial score (nSPS) is 14.9. The fourth-order valence-corrected chi connectivity index (χ4v) is 2.41. The first kappa shape index (κ1) is 14.3. The minimum Gasteiger partial charge on any atom is -0.491 e. The summed E-state index contributed by atoms with van der Waals surface area (Å²) in [7, 11) is 0. The van der Waals surface area contributed by atoms with E-state index in [0.717, 1.165) is 12.2 Å². The van der Waals surface area contributed by atoms with Gasteiger partial charge in [0.05, 0.1) is 22.9 Å². The summed E-state index contributed by atoms with van der Waals surface area (Å²) in [5.41, 5.74) is 1.46. The molecule has 4 nitrogen and oxygen atoms in total. The Morgan fingerprint density at radius 3 is 2.00 bits per heavy atom. The highest BCUT2D eigenvalue weighted by atomic mass is 16.5. The fraction of sp³-hybridized carbons (Fsp3) is 0.222. The van der Waals surface area contributed by atoms with Crippen molar-refractivity contribution < 1.29 is 14.3 Å². The molecule has 0 saturated heterocycles. The highest BCUT2D eigenvalue weighted by Gasteiger charge is 2.36. The van der Waals surface area contributed by atoms with Gasteiger partial charge in [-0.2, -0.15) is 0 Å². The summed E-state index contributed by atoms with van der Waals surface area (Å²) in [6, 6.07) is 13.9. The lowest BCUT2D eigenvalue weighted by Gasteiger charge is -2.16. The number of carbonyl (C=O) groups excluding carboxylic acids is 2. The molecule has 1 heterocycles. The standard InChI is InChI=1S/C18H17NO3/c1-3-12(2)22-14-10-8-13(9-11-14)19-17(20)15-6-4-5-7-16(15)18(19)21/h4-12H,3H2,1-2H3. The molecule has 1 aliphatic rings. The zero-order valence-corrected chi connectivity index (χ0v) is 12.6. The van der Waals surface area contributed by atoms with Crippen LogP contribution in [0.25, 0.3) is 0 Å². The number of nitrogens with zero attached hydrogens (tertiary/aromatic N) is 1. The van der Waals surface area contributed by atoms with Gasteiger partial charge in [-0.15, -0.1) is 0 Å². The molecule has 0 spiro atoms. The maximum Gasteiger partial charge on any atom is 0.266 e. The number of ether oxygens (including phenoxy) is 1. The second-order valence-corrected chi connectivity index (χ2v) is 5.32. The zero-order chi connectivity index (χ0) is 15.7. The molecule has 1 unspecified atom stereocenters. The van der Waals surface area contributed by atoms with Crippen LogP contribution >= 0.6 is 0 Å². The second kappa shape index (κ2) is 5.64. The van der Waals surface area contributed by atoms with Gasteiger partial charge < -0.3 is 4.74 Å². The predicted molar refractivity (Wildman–Crippen MR) is 84.4 cm³/mol. The number of rotatable bonds is 4. The molecule has 0 fully saturated rings. The minimum absolute atomic E-state index is 0.130. The van der Waals surface area contributed by atoms with Crippen molar-refractivity contribution in [1.82, 2.24) is 0 Å². The van der Waals surface area contributed by atoms with Crippen LogP contribution in [0.1, 0.15) is 41.0 Å². The van der Waals surface area contributed by atoms with Crippen molar-refractivity contribution in [2.75, 3.05) is 4.90 Å². The number of benzene rings is 2. The average molecular weight is 295 g/mol. The maximum atomic E-state index is 12.4. The van der Waals surface area contributed by atoms with Crippen LogP contribution in [0.4, 0.5) is 5.69 Å². The van der Waals surface area contributed by atoms with E-state index in [0.29, 0.717) is 16.8 Å². The molecule has 0 aromatic heterocycles. The molecule has 1 atom stereocenters. The van der Waals surface area contributed by atoms with E-state index in [4.69, 9.17) is 4.74 Å². The van der Waals surface area contributed by atoms with E-state index < -0.39 is 0 Å². The predicted octanol–water partition coefficient (Wildman–Crippen LogP) is 3.66. The Labute approximate surface area is 129 Å². The van der Waals surface area contributed by atoms with Crippen LogP contribution in [0.15, 0.2) is 48.5 Å². The van der Waals surface area contributed by atoms with Gasteiger partial charge >= 0.3 is 0 Å². The Kier molecular flexibility index (Phi) is 3.67. The van der Waals surface area contributed by atoms with Gasteiger partial charge in [0.25, 0.3) is 11.8 Å². The van der Waals surface area contributed by atoms with Gasteiger partial charge in [0.15, 0.2) is 0 Å². The van der Waals surface area contributed by atoms with E-state index >= 15 is 0 Å². The molecule has 1 aliphatic heterocycles. The SMILES string of the molecule is CCC(C)Oc1ccc(N2C(=O)c3ccccc3C2=O)cc1. The number of imide groups is 1. The summed E-state index contributed by atoms with van der Waals surface area (Å²) < 4.78 is 5.71. The third-order valence-corrected chi connectivity index (χ3v) is 3.80. The molecule has 0 saturated carbocycles. The molecule has 22 heavy (non-hydrogen) atoms. The summed E-state index contributed by atoms with van der Waals surface area (Å²) >= 11 is 0. The van der Waals surface area contributed by atoms with E-state index in [-0.39, 0.29) is 17.9 Å². The summed E-state index contributed by atoms with van der Waals surface area (Å²) in [6.45, 7) is 4.05. The first-order chi connectivity index (χ1) is 10.6. The maximum absolute atomic E-state index is 12.4. The third-order valence-electron chi connectivity index (χ3n) is 3.80. The van der Waals surface area contributed by atoms with Crippen molar-refractivity contribution >= 4 is 17.5 Å². The Hall–Kier alpha value is -2.62. The smallest absolute Gasteiger partial charge is 0.266 e. The average Bonchev–Trinajstić information content (AvgIpc) is 2.80. The molecule has 0 radical (unpaired) electrons. The molecule has 2 aromatic rings. The second-order valence-electron chi connectivity index (χ2n) is 5.32. The summed E-state index contributed by atoms with van der Waals surface area (Å²) in [5.74, 6) is 0.169. The van der Waals surface area contributed by atoms with E-state index in [2.05, 4.69) is 6.92 Å². The van der Waals surface area contributed by atoms with E-state index in [1.165, 1.54) is 4.90 Å². The van der Waals surface area contributed by atoms with E-state index in [9.17, 15) is 9.59 Å². The summed E-state index contributed by atoms with van der Waals surface area (Å²) in [4.78, 5) is 26.0. The number of fused-ring (bicyclic) bond motifs is 1. The Morgan fingerprint density at radius 1 is 0.955 bits per heavy atom. The van der Waals surface area contributed by atoms with Crippen LogP contribution in [0.3, 0.4) is 0 Å². The largest absolute Gasteiger partial charge is 0.491 e. The van der Waals surface area contributed by atoms with Crippen LogP contribution in [0, 0.1) is 0 Å². The molecule has 3 rings (SSSR count). The first-order valence-corrected chi connectivity index (χ1v) is 7.36. The summed E-state index contributed by atoms with van der Waals surface area (Å²) in [5, 5.41) is 0. The number of hydrogen-bond acceptors (Lipinski definition) is 3. The quantitative estimate of drug-likeness (QED) is 0.809. The van der Waals surface area contributed by atoms with Crippen LogP contribution in [-0.4, -0.2) is 17.9 Å². The third kappa shape index (κ3) is 2.37.